The molecule has 20 heteroatoms. The van der Waals surface area contributed by atoms with Crippen LogP contribution in [-0.4, -0.2) is 65.8 Å². The summed E-state index contributed by atoms with van der Waals surface area (Å²) in [7, 11) is -3.17. The van der Waals surface area contributed by atoms with Crippen molar-refractivity contribution in [3.63, 3.8) is 0 Å². The Morgan fingerprint density at radius 1 is 0.769 bits per heavy atom. The molecule has 0 spiro atoms. The van der Waals surface area contributed by atoms with Crippen LogP contribution in [-0.2, 0) is 20.0 Å². The molecule has 2 saturated carbocycles. The van der Waals surface area contributed by atoms with Gasteiger partial charge in [-0.25, -0.2) is 44.4 Å². The summed E-state index contributed by atoms with van der Waals surface area (Å²) in [5.74, 6) is 0.666. The fourth-order valence-electron chi connectivity index (χ4n) is 5.18. The van der Waals surface area contributed by atoms with E-state index in [9.17, 15) is 16.8 Å². The summed E-state index contributed by atoms with van der Waals surface area (Å²) < 4.78 is 62.0. The van der Waals surface area contributed by atoms with Crippen molar-refractivity contribution in [3.05, 3.63) is 107 Å². The first kappa shape index (κ1) is 36.6. The Balaban J connectivity index is 0.000000166. The number of hydrogen-bond donors (Lipinski definition) is 1. The predicted octanol–water partition coefficient (Wildman–Crippen LogP) is 4.86. The Morgan fingerprint density at radius 2 is 1.27 bits per heavy atom. The second-order valence-electron chi connectivity index (χ2n) is 11.5. The summed E-state index contributed by atoms with van der Waals surface area (Å²) in [6.45, 7) is 0. The van der Waals surface area contributed by atoms with Crippen LogP contribution in [0.4, 0.5) is 11.6 Å². The number of hydrogen-bond acceptors (Lipinski definition) is 12. The molecule has 6 heterocycles. The van der Waals surface area contributed by atoms with Crippen LogP contribution in [0.5, 0.6) is 0 Å². The monoisotopic (exact) mass is 814 g/mol. The van der Waals surface area contributed by atoms with E-state index < -0.39 is 20.0 Å². The first-order chi connectivity index (χ1) is 25.0. The minimum absolute atomic E-state index is 0.0865. The van der Waals surface area contributed by atoms with Gasteiger partial charge < -0.3 is 0 Å². The van der Waals surface area contributed by atoms with Crippen molar-refractivity contribution in [1.82, 2.24) is 29.2 Å². The molecule has 0 N–H and O–H groups in total. The van der Waals surface area contributed by atoms with Crippen LogP contribution in [0.1, 0.15) is 36.8 Å². The molecule has 6 aromatic heterocycles. The average molecular weight is 816 g/mol. The van der Waals surface area contributed by atoms with E-state index in [0.29, 0.717) is 33.8 Å². The molecule has 2 fully saturated rings. The van der Waals surface area contributed by atoms with Crippen LogP contribution in [0.2, 0.25) is 0 Å². The molecule has 0 aromatic carbocycles. The molecule has 0 unspecified atom stereocenters. The molecule has 0 saturated heterocycles. The van der Waals surface area contributed by atoms with Gasteiger partial charge in [0, 0.05) is 43.1 Å². The summed E-state index contributed by atoms with van der Waals surface area (Å²) in [5.41, 5.74) is 2.17. The van der Waals surface area contributed by atoms with Crippen molar-refractivity contribution >= 4 is 79.1 Å². The number of sulfonamides is 2. The Kier molecular flexibility index (Phi) is 10.7. The number of aromatic nitrogens is 6. The van der Waals surface area contributed by atoms with Gasteiger partial charge in [0.15, 0.2) is 0 Å². The van der Waals surface area contributed by atoms with Crippen molar-refractivity contribution in [1.29, 1.82) is 10.5 Å². The molecule has 8 rings (SSSR count). The molecule has 0 bridgehead atoms. The van der Waals surface area contributed by atoms with Crippen LogP contribution < -0.4 is 8.61 Å². The van der Waals surface area contributed by atoms with Gasteiger partial charge in [0.25, 0.3) is 20.0 Å². The number of fused-ring (bicyclic) bond motifs is 2. The zero-order chi connectivity index (χ0) is 37.0. The molecule has 15 nitrogen and oxygen atoms in total. The van der Waals surface area contributed by atoms with E-state index in [1.54, 1.807) is 76.3 Å². The van der Waals surface area contributed by atoms with Crippen molar-refractivity contribution < 1.29 is 16.8 Å². The Morgan fingerprint density at radius 3 is 1.73 bits per heavy atom. The summed E-state index contributed by atoms with van der Waals surface area (Å²) in [6.07, 6.45) is 12.4. The van der Waals surface area contributed by atoms with Gasteiger partial charge in [0.1, 0.15) is 23.8 Å². The van der Waals surface area contributed by atoms with E-state index in [0.717, 1.165) is 30.2 Å². The standard InChI is InChI=1S/C16H12BrN5O2S.C16H13N5O2S.BHNS/c17-14-10-20-21-6-5-13(7-15(14)21)25(23,24)22(12-2-3-12)16-4-1-11(8-18)9-19-16;17-10-12-1-4-16(18-11-12)21(13-2-3-13)24(22,23)15-6-8-20-14(9-15)5-7-19-20;1-2-3/h1,4-7,9-10,12H,2-3H2;1,4-9,11,13H,2-3H2;3H. The van der Waals surface area contributed by atoms with Crippen LogP contribution in [0.3, 0.4) is 0 Å². The number of thiol groups is 1. The molecule has 52 heavy (non-hydrogen) atoms. The van der Waals surface area contributed by atoms with Crippen molar-refractivity contribution in [2.45, 2.75) is 47.6 Å². The molecule has 0 atom stereocenters. The zero-order valence-electron chi connectivity index (χ0n) is 26.9. The third-order valence-electron chi connectivity index (χ3n) is 7.89. The summed E-state index contributed by atoms with van der Waals surface area (Å²) in [4.78, 5) is 8.71. The second kappa shape index (κ2) is 15.2. The van der Waals surface area contributed by atoms with Gasteiger partial charge in [-0.2, -0.15) is 20.7 Å². The number of nitrogens with zero attached hydrogens (tertiary/aromatic N) is 11. The fourth-order valence-corrected chi connectivity index (χ4v) is 8.93. The second-order valence-corrected chi connectivity index (χ2v) is 16.2. The van der Waals surface area contributed by atoms with E-state index in [4.69, 9.17) is 10.5 Å². The quantitative estimate of drug-likeness (QED) is 0.164. The van der Waals surface area contributed by atoms with Gasteiger partial charge in [-0.1, -0.05) is 0 Å². The van der Waals surface area contributed by atoms with E-state index >= 15 is 0 Å². The van der Waals surface area contributed by atoms with Gasteiger partial charge in [-0.15, -0.1) is 0 Å². The molecular weight excluding hydrogens is 789 g/mol. The number of pyridine rings is 4. The Labute approximate surface area is 314 Å². The topological polar surface area (TPSA) is 195 Å². The number of halogens is 1. The average Bonchev–Trinajstić information content (AvgIpc) is 4.08. The van der Waals surface area contributed by atoms with E-state index in [2.05, 4.69) is 60.8 Å². The molecule has 0 aliphatic heterocycles. The zero-order valence-corrected chi connectivity index (χ0v) is 31.0. The molecule has 0 amide bonds. The van der Waals surface area contributed by atoms with Crippen LogP contribution in [0.15, 0.2) is 110 Å². The third-order valence-corrected chi connectivity index (χ3v) is 12.2. The van der Waals surface area contributed by atoms with Crippen molar-refractivity contribution in [2.24, 2.45) is 4.30 Å². The van der Waals surface area contributed by atoms with Gasteiger partial charge >= 0.3 is 24.8 Å². The summed E-state index contributed by atoms with van der Waals surface area (Å²) in [5, 5.41) is 26.0. The van der Waals surface area contributed by atoms with Gasteiger partial charge in [0.05, 0.1) is 42.6 Å². The molecule has 6 aromatic rings. The fraction of sp³-hybridized carbons (Fsp3) is 0.188. The van der Waals surface area contributed by atoms with E-state index in [1.807, 2.05) is 12.1 Å². The first-order valence-corrected chi connectivity index (χ1v) is 19.5. The van der Waals surface area contributed by atoms with Crippen molar-refractivity contribution in [3.8, 4) is 12.1 Å². The van der Waals surface area contributed by atoms with Crippen LogP contribution in [0.25, 0.3) is 11.0 Å². The van der Waals surface area contributed by atoms with Gasteiger partial charge in [-0.05, 0) is 96.2 Å². The van der Waals surface area contributed by atoms with Gasteiger partial charge in [-0.3, -0.25) is 0 Å². The van der Waals surface area contributed by atoms with E-state index in [-0.39, 0.29) is 21.9 Å². The molecule has 2 aliphatic carbocycles. The summed E-state index contributed by atoms with van der Waals surface area (Å²) in [6, 6.07) is 18.1. The maximum atomic E-state index is 13.2. The number of nitriles is 2. The van der Waals surface area contributed by atoms with Gasteiger partial charge in [0.2, 0.25) is 0 Å². The van der Waals surface area contributed by atoms with E-state index in [1.165, 1.54) is 33.1 Å². The maximum absolute atomic E-state index is 13.2. The first-order valence-electron chi connectivity index (χ1n) is 15.4. The summed E-state index contributed by atoms with van der Waals surface area (Å²) >= 11 is 6.56. The minimum atomic E-state index is -3.77. The third kappa shape index (κ3) is 7.70. The van der Waals surface area contributed by atoms with Crippen molar-refractivity contribution in [2.75, 3.05) is 8.61 Å². The normalized spacial score (nSPS) is 13.8. The number of anilines is 2. The molecule has 1 radical (unpaired) electrons. The van der Waals surface area contributed by atoms with Crippen LogP contribution >= 0.6 is 28.7 Å². The SMILES string of the molecule is N#Cc1ccc(N(C2CC2)S(=O)(=O)c2ccn3ncc(Br)c3c2)nc1.N#Cc1ccc(N(C2CC2)S(=O)(=O)c2ccn3nccc3c2)nc1.[B]=NS. The Bertz CT molecular complexity index is 2560. The predicted molar refractivity (Wildman–Crippen MR) is 199 cm³/mol. The molecule has 2 aliphatic rings. The number of rotatable bonds is 8. The molecular formula is C32H26BBrN11O4S3. The molecule has 261 valence electrons. The van der Waals surface area contributed by atoms with Crippen LogP contribution in [0, 0.1) is 22.7 Å². The Hall–Kier alpha value is -5.15.